The van der Waals surface area contributed by atoms with Gasteiger partial charge in [0.1, 0.15) is 5.76 Å². The van der Waals surface area contributed by atoms with Crippen LogP contribution < -0.4 is 0 Å². The van der Waals surface area contributed by atoms with Crippen LogP contribution in [0.2, 0.25) is 0 Å². The van der Waals surface area contributed by atoms with E-state index >= 15 is 0 Å². The van der Waals surface area contributed by atoms with Crippen LogP contribution in [-0.4, -0.2) is 54.5 Å². The second-order valence-corrected chi connectivity index (χ2v) is 8.99. The van der Waals surface area contributed by atoms with Crippen LogP contribution in [0.25, 0.3) is 0 Å². The number of amides is 1. The Hall–Kier alpha value is -2.60. The molecular weight excluding hydrogens is 404 g/mol. The molecule has 0 unspecified atom stereocenters. The smallest absolute Gasteiger partial charge is 0.309 e. The van der Waals surface area contributed by atoms with Gasteiger partial charge in [-0.2, -0.15) is 0 Å². The van der Waals surface area contributed by atoms with Crippen molar-refractivity contribution in [2.75, 3.05) is 32.8 Å². The summed E-state index contributed by atoms with van der Waals surface area (Å²) >= 11 is 0. The van der Waals surface area contributed by atoms with Crippen molar-refractivity contribution in [1.82, 2.24) is 9.80 Å². The van der Waals surface area contributed by atoms with Crippen LogP contribution >= 0.6 is 0 Å². The van der Waals surface area contributed by atoms with Crippen molar-refractivity contribution in [2.24, 2.45) is 11.8 Å². The zero-order valence-electron chi connectivity index (χ0n) is 19.0. The summed E-state index contributed by atoms with van der Waals surface area (Å²) in [6, 6.07) is 14.4. The van der Waals surface area contributed by atoms with E-state index in [1.165, 1.54) is 18.4 Å². The Morgan fingerprint density at radius 3 is 2.38 bits per heavy atom. The van der Waals surface area contributed by atoms with Gasteiger partial charge in [0.2, 0.25) is 0 Å². The molecule has 1 aromatic heterocycles. The van der Waals surface area contributed by atoms with Gasteiger partial charge in [-0.05, 0) is 75.7 Å². The number of carbonyl (C=O) groups excluding carboxylic acids is 2. The molecule has 2 fully saturated rings. The van der Waals surface area contributed by atoms with Gasteiger partial charge in [0.15, 0.2) is 5.76 Å². The van der Waals surface area contributed by atoms with Gasteiger partial charge < -0.3 is 14.1 Å². The first-order valence-electron chi connectivity index (χ1n) is 11.9. The van der Waals surface area contributed by atoms with Crippen molar-refractivity contribution < 1.29 is 18.7 Å². The number of benzene rings is 1. The summed E-state index contributed by atoms with van der Waals surface area (Å²) in [5.41, 5.74) is 1.42. The van der Waals surface area contributed by atoms with E-state index in [1.54, 1.807) is 11.0 Å². The molecule has 6 nitrogen and oxygen atoms in total. The Morgan fingerprint density at radius 2 is 1.69 bits per heavy atom. The second kappa shape index (κ2) is 10.8. The molecule has 3 heterocycles. The van der Waals surface area contributed by atoms with E-state index < -0.39 is 0 Å². The van der Waals surface area contributed by atoms with Crippen molar-refractivity contribution in [1.29, 1.82) is 0 Å². The third kappa shape index (κ3) is 5.80. The molecule has 0 aliphatic carbocycles. The van der Waals surface area contributed by atoms with Crippen molar-refractivity contribution in [2.45, 2.75) is 45.6 Å². The highest BCUT2D eigenvalue weighted by atomic mass is 16.5. The maximum Gasteiger partial charge on any atom is 0.309 e. The fraction of sp³-hybridized carbons (Fsp3) is 0.538. The van der Waals surface area contributed by atoms with Gasteiger partial charge in [-0.25, -0.2) is 0 Å². The number of esters is 1. The fourth-order valence-corrected chi connectivity index (χ4v) is 4.83. The largest absolute Gasteiger partial charge is 0.466 e. The molecule has 4 rings (SSSR count). The van der Waals surface area contributed by atoms with E-state index in [0.717, 1.165) is 37.7 Å². The van der Waals surface area contributed by atoms with E-state index in [9.17, 15) is 9.59 Å². The molecule has 2 aliphatic heterocycles. The molecule has 172 valence electrons. The van der Waals surface area contributed by atoms with Gasteiger partial charge in [-0.15, -0.1) is 0 Å². The van der Waals surface area contributed by atoms with Gasteiger partial charge in [0.25, 0.3) is 5.91 Å². The number of likely N-dealkylation sites (tertiary alicyclic amines) is 2. The molecule has 1 aromatic carbocycles. The molecule has 2 aliphatic rings. The maximum atomic E-state index is 12.8. The van der Waals surface area contributed by atoms with Crippen LogP contribution in [0, 0.1) is 11.8 Å². The van der Waals surface area contributed by atoms with Crippen LogP contribution in [0.1, 0.15) is 54.5 Å². The van der Waals surface area contributed by atoms with E-state index in [4.69, 9.17) is 9.15 Å². The summed E-state index contributed by atoms with van der Waals surface area (Å²) in [4.78, 5) is 28.9. The fourth-order valence-electron chi connectivity index (χ4n) is 4.83. The Morgan fingerprint density at radius 1 is 0.969 bits per heavy atom. The Bertz CT molecular complexity index is 878. The number of carbonyl (C=O) groups is 2. The molecular formula is C26H34N2O4. The molecule has 0 N–H and O–H groups in total. The second-order valence-electron chi connectivity index (χ2n) is 8.99. The number of furan rings is 1. The molecule has 0 spiro atoms. The predicted molar refractivity (Wildman–Crippen MR) is 122 cm³/mol. The average Bonchev–Trinajstić information content (AvgIpc) is 3.29. The number of rotatable bonds is 7. The lowest BCUT2D eigenvalue weighted by Crippen LogP contribution is -2.40. The maximum absolute atomic E-state index is 12.8. The van der Waals surface area contributed by atoms with Crippen LogP contribution in [-0.2, 0) is 22.5 Å². The molecule has 2 aromatic rings. The summed E-state index contributed by atoms with van der Waals surface area (Å²) in [7, 11) is 0. The number of ether oxygens (including phenoxy) is 1. The number of nitrogens with zero attached hydrogens (tertiary/aromatic N) is 2. The molecule has 0 radical (unpaired) electrons. The highest BCUT2D eigenvalue weighted by Crippen LogP contribution is 2.24. The molecule has 1 amide bonds. The summed E-state index contributed by atoms with van der Waals surface area (Å²) < 4.78 is 11.0. The van der Waals surface area contributed by atoms with Crippen LogP contribution in [0.5, 0.6) is 0 Å². The van der Waals surface area contributed by atoms with Crippen LogP contribution in [0.3, 0.4) is 0 Å². The summed E-state index contributed by atoms with van der Waals surface area (Å²) in [5.74, 6) is 1.65. The molecule has 6 heteroatoms. The first-order valence-corrected chi connectivity index (χ1v) is 11.9. The SMILES string of the molecule is CCOC(=O)C1CCN(C(=O)c2ccc(CN3CCC(Cc4ccccc4)CC3)o2)CC1. The highest BCUT2D eigenvalue weighted by Gasteiger charge is 2.30. The third-order valence-electron chi connectivity index (χ3n) is 6.73. The predicted octanol–water partition coefficient (Wildman–Crippen LogP) is 4.15. The molecule has 0 bridgehead atoms. The molecule has 0 atom stereocenters. The minimum Gasteiger partial charge on any atom is -0.466 e. The topological polar surface area (TPSA) is 63.0 Å². The van der Waals surface area contributed by atoms with Gasteiger partial charge in [0, 0.05) is 13.1 Å². The van der Waals surface area contributed by atoms with E-state index in [2.05, 4.69) is 35.2 Å². The Labute approximate surface area is 190 Å². The molecule has 32 heavy (non-hydrogen) atoms. The van der Waals surface area contributed by atoms with Gasteiger partial charge in [-0.1, -0.05) is 30.3 Å². The van der Waals surface area contributed by atoms with Crippen molar-refractivity contribution in [3.8, 4) is 0 Å². The lowest BCUT2D eigenvalue weighted by molar-refractivity contribution is -0.149. The summed E-state index contributed by atoms with van der Waals surface area (Å²) in [5, 5.41) is 0. The highest BCUT2D eigenvalue weighted by molar-refractivity contribution is 5.91. The van der Waals surface area contributed by atoms with Gasteiger partial charge >= 0.3 is 5.97 Å². The zero-order valence-corrected chi connectivity index (χ0v) is 19.0. The molecule has 2 saturated heterocycles. The Kier molecular flexibility index (Phi) is 7.63. The van der Waals surface area contributed by atoms with E-state index in [-0.39, 0.29) is 17.8 Å². The standard InChI is InChI=1S/C26H34N2O4/c1-2-31-26(30)22-12-16-28(17-13-22)25(29)24-9-8-23(32-24)19-27-14-10-21(11-15-27)18-20-6-4-3-5-7-20/h3-9,21-22H,2,10-19H2,1H3. The third-order valence-corrected chi connectivity index (χ3v) is 6.73. The molecule has 0 saturated carbocycles. The first kappa shape index (κ1) is 22.6. The van der Waals surface area contributed by atoms with Crippen LogP contribution in [0.15, 0.2) is 46.9 Å². The quantitative estimate of drug-likeness (QED) is 0.608. The van der Waals surface area contributed by atoms with Gasteiger partial charge in [-0.3, -0.25) is 14.5 Å². The summed E-state index contributed by atoms with van der Waals surface area (Å²) in [6.07, 6.45) is 4.83. The van der Waals surface area contributed by atoms with Crippen molar-refractivity contribution in [3.05, 3.63) is 59.5 Å². The van der Waals surface area contributed by atoms with Gasteiger partial charge in [0.05, 0.1) is 19.1 Å². The number of hydrogen-bond acceptors (Lipinski definition) is 5. The minimum atomic E-state index is -0.146. The Balaban J connectivity index is 1.22. The number of hydrogen-bond donors (Lipinski definition) is 0. The lowest BCUT2D eigenvalue weighted by atomic mass is 9.90. The summed E-state index contributed by atoms with van der Waals surface area (Å²) in [6.45, 7) is 6.21. The van der Waals surface area contributed by atoms with E-state index in [1.807, 2.05) is 13.0 Å². The minimum absolute atomic E-state index is 0.0832. The average molecular weight is 439 g/mol. The zero-order chi connectivity index (χ0) is 22.3. The first-order chi connectivity index (χ1) is 15.6. The van der Waals surface area contributed by atoms with E-state index in [0.29, 0.717) is 38.3 Å². The van der Waals surface area contributed by atoms with Crippen molar-refractivity contribution in [3.63, 3.8) is 0 Å². The number of piperidine rings is 2. The normalized spacial score (nSPS) is 18.6. The monoisotopic (exact) mass is 438 g/mol. The van der Waals surface area contributed by atoms with Crippen molar-refractivity contribution >= 4 is 11.9 Å². The van der Waals surface area contributed by atoms with Crippen LogP contribution in [0.4, 0.5) is 0 Å². The lowest BCUT2D eigenvalue weighted by Gasteiger charge is -2.31.